The Bertz CT molecular complexity index is 1050. The van der Waals surface area contributed by atoms with Crippen LogP contribution in [-0.4, -0.2) is 62.5 Å². The van der Waals surface area contributed by atoms with Gasteiger partial charge in [0, 0.05) is 19.3 Å². The highest BCUT2D eigenvalue weighted by Crippen LogP contribution is 2.33. The van der Waals surface area contributed by atoms with Crippen LogP contribution in [0.5, 0.6) is 0 Å². The Balaban J connectivity index is 1.87. The van der Waals surface area contributed by atoms with Gasteiger partial charge < -0.3 is 15.2 Å². The van der Waals surface area contributed by atoms with E-state index in [9.17, 15) is 9.59 Å². The molecular weight excluding hydrogens is 448 g/mol. The minimum Gasteiger partial charge on any atom is -0.394 e. The highest BCUT2D eigenvalue weighted by molar-refractivity contribution is 8.26. The van der Waals surface area contributed by atoms with Gasteiger partial charge in [0.1, 0.15) is 15.8 Å². The number of fused-ring (bicyclic) bond motifs is 1. The lowest BCUT2D eigenvalue weighted by molar-refractivity contribution is -0.122. The predicted molar refractivity (Wildman–Crippen MR) is 132 cm³/mol. The average molecular weight is 477 g/mol. The first-order chi connectivity index (χ1) is 15.6. The van der Waals surface area contributed by atoms with Crippen LogP contribution < -0.4 is 10.9 Å². The van der Waals surface area contributed by atoms with Gasteiger partial charge in [-0.1, -0.05) is 56.2 Å². The van der Waals surface area contributed by atoms with Crippen LogP contribution in [0.3, 0.4) is 0 Å². The topological polar surface area (TPSA) is 96.2 Å². The fraction of sp³-hybridized carbons (Fsp3) is 0.455. The lowest BCUT2D eigenvalue weighted by Gasteiger charge is -2.14. The Hall–Kier alpha value is -2.27. The zero-order valence-electron chi connectivity index (χ0n) is 18.1. The highest BCUT2D eigenvalue weighted by atomic mass is 32.2. The molecule has 0 atom stereocenters. The average Bonchev–Trinajstić information content (AvgIpc) is 3.06. The molecule has 0 aliphatic carbocycles. The number of hydrogen-bond donors (Lipinski definition) is 2. The van der Waals surface area contributed by atoms with Gasteiger partial charge in [0.25, 0.3) is 11.5 Å². The van der Waals surface area contributed by atoms with Crippen LogP contribution in [0.4, 0.5) is 5.82 Å². The summed E-state index contributed by atoms with van der Waals surface area (Å²) < 4.78 is 7.24. The summed E-state index contributed by atoms with van der Waals surface area (Å²) >= 11 is 6.63. The molecule has 1 saturated heterocycles. The number of thioether (sulfide) groups is 1. The van der Waals surface area contributed by atoms with E-state index in [-0.39, 0.29) is 24.7 Å². The van der Waals surface area contributed by atoms with Crippen LogP contribution in [0.15, 0.2) is 34.1 Å². The molecule has 1 amide bonds. The molecule has 10 heteroatoms. The van der Waals surface area contributed by atoms with E-state index in [1.807, 2.05) is 0 Å². The van der Waals surface area contributed by atoms with Crippen LogP contribution in [0, 0.1) is 0 Å². The second-order valence-corrected chi connectivity index (χ2v) is 8.94. The molecule has 8 nitrogen and oxygen atoms in total. The molecule has 2 N–H and O–H groups in total. The number of nitrogens with zero attached hydrogens (tertiary/aromatic N) is 3. The van der Waals surface area contributed by atoms with Gasteiger partial charge in [0.05, 0.1) is 30.3 Å². The van der Waals surface area contributed by atoms with Crippen molar-refractivity contribution in [1.82, 2.24) is 14.3 Å². The van der Waals surface area contributed by atoms with Gasteiger partial charge in [-0.3, -0.25) is 18.9 Å². The molecule has 0 spiro atoms. The third kappa shape index (κ3) is 5.94. The number of rotatable bonds is 12. The lowest BCUT2D eigenvalue weighted by atomic mass is 10.2. The molecule has 32 heavy (non-hydrogen) atoms. The van der Waals surface area contributed by atoms with E-state index in [1.54, 1.807) is 35.4 Å². The van der Waals surface area contributed by atoms with Crippen molar-refractivity contribution in [2.75, 3.05) is 38.2 Å². The van der Waals surface area contributed by atoms with Crippen LogP contribution in [0.25, 0.3) is 11.7 Å². The van der Waals surface area contributed by atoms with Crippen molar-refractivity contribution in [3.8, 4) is 0 Å². The number of aromatic nitrogens is 2. The summed E-state index contributed by atoms with van der Waals surface area (Å²) in [6, 6.07) is 5.30. The molecule has 0 saturated carbocycles. The van der Waals surface area contributed by atoms with E-state index < -0.39 is 0 Å². The van der Waals surface area contributed by atoms with Crippen LogP contribution in [-0.2, 0) is 9.53 Å². The summed E-state index contributed by atoms with van der Waals surface area (Å²) in [6.07, 6.45) is 7.43. The van der Waals surface area contributed by atoms with Gasteiger partial charge in [-0.2, -0.15) is 0 Å². The van der Waals surface area contributed by atoms with E-state index >= 15 is 0 Å². The molecule has 3 rings (SSSR count). The predicted octanol–water partition coefficient (Wildman–Crippen LogP) is 2.90. The van der Waals surface area contributed by atoms with Gasteiger partial charge in [-0.25, -0.2) is 4.98 Å². The van der Waals surface area contributed by atoms with Crippen molar-refractivity contribution < 1.29 is 14.6 Å². The maximum Gasteiger partial charge on any atom is 0.267 e. The third-order valence-electron chi connectivity index (χ3n) is 4.93. The SMILES string of the molecule is CCCCCCN1C(=O)/C(=C/c2c(NCCOCCO)nc3ccccn3c2=O)SC1=S. The second kappa shape index (κ2) is 12.1. The molecule has 2 aromatic rings. The number of thiocarbonyl (C=S) groups is 1. The molecule has 172 valence electrons. The number of ether oxygens (including phenoxy) is 1. The van der Waals surface area contributed by atoms with Crippen molar-refractivity contribution in [3.63, 3.8) is 0 Å². The lowest BCUT2D eigenvalue weighted by Crippen LogP contribution is -2.29. The summed E-state index contributed by atoms with van der Waals surface area (Å²) in [5.74, 6) is 0.202. The zero-order chi connectivity index (χ0) is 22.9. The Morgan fingerprint density at radius 1 is 1.25 bits per heavy atom. The molecule has 1 fully saturated rings. The zero-order valence-corrected chi connectivity index (χ0v) is 19.7. The van der Waals surface area contributed by atoms with E-state index in [2.05, 4.69) is 17.2 Å². The van der Waals surface area contributed by atoms with Gasteiger partial charge in [-0.15, -0.1) is 0 Å². The molecule has 0 radical (unpaired) electrons. The number of carbonyl (C=O) groups excluding carboxylic acids is 1. The first-order valence-corrected chi connectivity index (χ1v) is 12.0. The summed E-state index contributed by atoms with van der Waals surface area (Å²) in [5, 5.41) is 12.0. The summed E-state index contributed by atoms with van der Waals surface area (Å²) in [6.45, 7) is 3.65. The molecule has 0 aromatic carbocycles. The van der Waals surface area contributed by atoms with Gasteiger partial charge >= 0.3 is 0 Å². The minimum atomic E-state index is -0.275. The smallest absolute Gasteiger partial charge is 0.267 e. The molecule has 1 aliphatic rings. The first kappa shape index (κ1) is 24.4. The maximum atomic E-state index is 13.2. The van der Waals surface area contributed by atoms with Gasteiger partial charge in [0.15, 0.2) is 0 Å². The maximum absolute atomic E-state index is 13.2. The number of aliphatic hydroxyl groups excluding tert-OH is 1. The fourth-order valence-electron chi connectivity index (χ4n) is 3.30. The Kier molecular flexibility index (Phi) is 9.22. The summed E-state index contributed by atoms with van der Waals surface area (Å²) in [5.41, 5.74) is 0.516. The highest BCUT2D eigenvalue weighted by Gasteiger charge is 2.32. The molecule has 2 aromatic heterocycles. The molecule has 0 unspecified atom stereocenters. The first-order valence-electron chi connectivity index (χ1n) is 10.8. The number of hydrogen-bond acceptors (Lipinski definition) is 8. The van der Waals surface area contributed by atoms with Crippen molar-refractivity contribution in [2.45, 2.75) is 32.6 Å². The number of unbranched alkanes of at least 4 members (excludes halogenated alkanes) is 3. The minimum absolute atomic E-state index is 0.0545. The van der Waals surface area contributed by atoms with Crippen LogP contribution in [0.2, 0.25) is 0 Å². The molecule has 3 heterocycles. The van der Waals surface area contributed by atoms with E-state index in [0.29, 0.717) is 46.0 Å². The van der Waals surface area contributed by atoms with E-state index in [4.69, 9.17) is 22.1 Å². The molecule has 0 bridgehead atoms. The number of carbonyl (C=O) groups is 1. The Morgan fingerprint density at radius 2 is 2.09 bits per heavy atom. The summed E-state index contributed by atoms with van der Waals surface area (Å²) in [4.78, 5) is 32.7. The number of amides is 1. The number of pyridine rings is 1. The Labute approximate surface area is 196 Å². The third-order valence-corrected chi connectivity index (χ3v) is 6.31. The fourth-order valence-corrected chi connectivity index (χ4v) is 4.59. The van der Waals surface area contributed by atoms with Gasteiger partial charge in [0.2, 0.25) is 0 Å². The van der Waals surface area contributed by atoms with Crippen molar-refractivity contribution >= 4 is 51.7 Å². The van der Waals surface area contributed by atoms with Crippen molar-refractivity contribution in [1.29, 1.82) is 0 Å². The van der Waals surface area contributed by atoms with Crippen molar-refractivity contribution in [2.24, 2.45) is 0 Å². The van der Waals surface area contributed by atoms with Crippen LogP contribution >= 0.6 is 24.0 Å². The molecular formula is C22H28N4O4S2. The monoisotopic (exact) mass is 476 g/mol. The molecule has 1 aliphatic heterocycles. The largest absolute Gasteiger partial charge is 0.394 e. The number of anilines is 1. The van der Waals surface area contributed by atoms with Crippen molar-refractivity contribution in [3.05, 3.63) is 45.2 Å². The normalized spacial score (nSPS) is 15.3. The summed E-state index contributed by atoms with van der Waals surface area (Å²) in [7, 11) is 0. The van der Waals surface area contributed by atoms with Crippen LogP contribution in [0.1, 0.15) is 38.2 Å². The quantitative estimate of drug-likeness (QED) is 0.274. The second-order valence-electron chi connectivity index (χ2n) is 7.26. The number of nitrogens with one attached hydrogen (secondary N) is 1. The van der Waals surface area contributed by atoms with E-state index in [1.165, 1.54) is 16.2 Å². The van der Waals surface area contributed by atoms with Gasteiger partial charge in [-0.05, 0) is 24.6 Å². The Morgan fingerprint density at radius 3 is 2.88 bits per heavy atom. The standard InChI is InChI=1S/C22H28N4O4S2/c1-2-3-4-6-11-26-21(29)17(32-22(26)31)15-16-19(23-9-13-30-14-12-27)24-18-8-5-7-10-25(18)20(16)28/h5,7-8,10,15,23,27H,2-4,6,9,11-14H2,1H3/b17-15-. The van der Waals surface area contributed by atoms with E-state index in [0.717, 1.165) is 25.7 Å². The number of aliphatic hydroxyl groups is 1.